The molecule has 0 rings (SSSR count). The second-order valence-corrected chi connectivity index (χ2v) is 14.2. The normalized spacial score (nSPS) is 13.1. The zero-order chi connectivity index (χ0) is 35.7. The summed E-state index contributed by atoms with van der Waals surface area (Å²) in [5.41, 5.74) is 0. The number of rotatable bonds is 35. The van der Waals surface area contributed by atoms with Crippen molar-refractivity contribution in [1.82, 2.24) is 0 Å². The molecular weight excluding hydrogens is 610 g/mol. The summed E-state index contributed by atoms with van der Waals surface area (Å²) in [6, 6.07) is 0. The summed E-state index contributed by atoms with van der Waals surface area (Å²) < 4.78 is 22.5. The van der Waals surface area contributed by atoms with E-state index in [1.54, 1.807) is 0 Å². The predicted octanol–water partition coefficient (Wildman–Crippen LogP) is 9.16. The smallest absolute Gasteiger partial charge is 0.361 e. The fraction of sp³-hybridized carbons (Fsp3) is 0.872. The number of unbranched alkanes of at least 4 members (excludes halogenated alkanes) is 18. The van der Waals surface area contributed by atoms with Gasteiger partial charge in [0, 0.05) is 12.8 Å². The van der Waals surface area contributed by atoms with E-state index in [1.807, 2.05) is 21.1 Å². The van der Waals surface area contributed by atoms with Crippen LogP contribution in [0.25, 0.3) is 0 Å². The summed E-state index contributed by atoms with van der Waals surface area (Å²) >= 11 is 0. The first-order valence-electron chi connectivity index (χ1n) is 19.4. The van der Waals surface area contributed by atoms with Gasteiger partial charge in [-0.1, -0.05) is 122 Å². The zero-order valence-corrected chi connectivity index (χ0v) is 31.7. The van der Waals surface area contributed by atoms with Crippen molar-refractivity contribution in [3.8, 4) is 0 Å². The lowest BCUT2D eigenvalue weighted by molar-refractivity contribution is -0.870. The molecule has 282 valence electrons. The van der Waals surface area contributed by atoms with E-state index < -0.39 is 24.3 Å². The van der Waals surface area contributed by atoms with Crippen LogP contribution in [0, 0.1) is 0 Å². The van der Waals surface area contributed by atoms with Crippen molar-refractivity contribution in [3.05, 3.63) is 12.2 Å². The molecule has 0 saturated carbocycles. The quantitative estimate of drug-likeness (QED) is 0.0232. The molecule has 0 aromatic rings. The highest BCUT2D eigenvalue weighted by molar-refractivity contribution is 5.71. The van der Waals surface area contributed by atoms with Crippen molar-refractivity contribution in [1.29, 1.82) is 0 Å². The number of esters is 2. The molecular formula is C39H74NO8+. The minimum absolute atomic E-state index is 0.182. The topological polar surface area (TPSA) is 108 Å². The van der Waals surface area contributed by atoms with Crippen LogP contribution in [0.4, 0.5) is 0 Å². The van der Waals surface area contributed by atoms with Crippen LogP contribution in [0.2, 0.25) is 0 Å². The molecule has 0 spiro atoms. The first kappa shape index (κ1) is 46.0. The lowest BCUT2D eigenvalue weighted by Crippen LogP contribution is -2.40. The molecule has 0 aromatic heterocycles. The van der Waals surface area contributed by atoms with Crippen molar-refractivity contribution >= 4 is 17.9 Å². The van der Waals surface area contributed by atoms with Gasteiger partial charge in [0.15, 0.2) is 6.10 Å². The molecule has 0 heterocycles. The van der Waals surface area contributed by atoms with E-state index in [0.717, 1.165) is 51.4 Å². The van der Waals surface area contributed by atoms with Crippen LogP contribution in [0.3, 0.4) is 0 Å². The number of carbonyl (C=O) groups is 3. The number of ether oxygens (including phenoxy) is 4. The summed E-state index contributed by atoms with van der Waals surface area (Å²) in [5, 5.41) is 9.56. The Labute approximate surface area is 294 Å². The van der Waals surface area contributed by atoms with Crippen LogP contribution >= 0.6 is 0 Å². The van der Waals surface area contributed by atoms with Gasteiger partial charge in [0.1, 0.15) is 13.2 Å². The largest absolute Gasteiger partial charge is 0.477 e. The van der Waals surface area contributed by atoms with Gasteiger partial charge in [-0.2, -0.15) is 0 Å². The number of aliphatic carboxylic acids is 1. The van der Waals surface area contributed by atoms with Crippen LogP contribution in [0.1, 0.15) is 162 Å². The highest BCUT2D eigenvalue weighted by Gasteiger charge is 2.25. The molecule has 0 bridgehead atoms. The highest BCUT2D eigenvalue weighted by atomic mass is 16.7. The van der Waals surface area contributed by atoms with Gasteiger partial charge < -0.3 is 28.5 Å². The standard InChI is InChI=1S/C39H73NO8/c1-6-8-10-12-14-15-16-17-18-19-20-21-22-24-26-28-30-37(42)48-35(33-46-36(41)29-27-25-23-13-11-9-7-2)34-47-39(38(43)44)45-32-31-40(3,4)5/h18-19,35,39H,6-17,20-34H2,1-5H3/p+1/b19-18-. The molecule has 2 unspecified atom stereocenters. The summed E-state index contributed by atoms with van der Waals surface area (Å²) in [6.45, 7) is 4.80. The summed E-state index contributed by atoms with van der Waals surface area (Å²) in [6.07, 6.45) is 27.1. The van der Waals surface area contributed by atoms with Crippen LogP contribution in [0.5, 0.6) is 0 Å². The van der Waals surface area contributed by atoms with E-state index >= 15 is 0 Å². The SMILES string of the molecule is CCCCCCCCC/C=C\CCCCCCCC(=O)OC(COC(=O)CCCCCCCCC)COC(OCC[N+](C)(C)C)C(=O)O. The number of hydrogen-bond acceptors (Lipinski definition) is 7. The van der Waals surface area contributed by atoms with E-state index in [4.69, 9.17) is 18.9 Å². The lowest BCUT2D eigenvalue weighted by atomic mass is 10.1. The fourth-order valence-electron chi connectivity index (χ4n) is 5.18. The van der Waals surface area contributed by atoms with Gasteiger partial charge in [0.25, 0.3) is 6.29 Å². The van der Waals surface area contributed by atoms with Crippen molar-refractivity contribution in [2.45, 2.75) is 174 Å². The zero-order valence-electron chi connectivity index (χ0n) is 31.7. The maximum atomic E-state index is 12.6. The molecule has 0 amide bonds. The van der Waals surface area contributed by atoms with Gasteiger partial charge in [-0.15, -0.1) is 0 Å². The third kappa shape index (κ3) is 32.6. The van der Waals surface area contributed by atoms with Gasteiger partial charge in [-0.25, -0.2) is 4.79 Å². The summed E-state index contributed by atoms with van der Waals surface area (Å²) in [4.78, 5) is 36.7. The number of carbonyl (C=O) groups excluding carboxylic acids is 2. The Kier molecular flexibility index (Phi) is 30.9. The average molecular weight is 685 g/mol. The molecule has 0 radical (unpaired) electrons. The van der Waals surface area contributed by atoms with Gasteiger partial charge >= 0.3 is 17.9 Å². The first-order chi connectivity index (χ1) is 23.1. The van der Waals surface area contributed by atoms with Crippen LogP contribution in [-0.4, -0.2) is 87.4 Å². The van der Waals surface area contributed by atoms with Gasteiger partial charge in [-0.3, -0.25) is 9.59 Å². The molecule has 1 N–H and O–H groups in total. The van der Waals surface area contributed by atoms with Crippen molar-refractivity contribution in [3.63, 3.8) is 0 Å². The van der Waals surface area contributed by atoms with Gasteiger partial charge in [-0.05, 0) is 38.5 Å². The Bertz CT molecular complexity index is 810. The molecule has 0 aliphatic heterocycles. The van der Waals surface area contributed by atoms with Crippen LogP contribution in [0.15, 0.2) is 12.2 Å². The van der Waals surface area contributed by atoms with E-state index in [1.165, 1.54) is 77.0 Å². The Morgan fingerprint density at radius 2 is 1.06 bits per heavy atom. The van der Waals surface area contributed by atoms with Crippen molar-refractivity contribution in [2.24, 2.45) is 0 Å². The minimum atomic E-state index is -1.50. The molecule has 0 fully saturated rings. The maximum Gasteiger partial charge on any atom is 0.361 e. The number of nitrogens with zero attached hydrogens (tertiary/aromatic N) is 1. The Hall–Kier alpha value is -1.97. The van der Waals surface area contributed by atoms with Crippen molar-refractivity contribution in [2.75, 3.05) is 47.5 Å². The van der Waals surface area contributed by atoms with E-state index in [2.05, 4.69) is 26.0 Å². The number of hydrogen-bond donors (Lipinski definition) is 1. The summed E-state index contributed by atoms with van der Waals surface area (Å²) in [5.74, 6) is -2.02. The molecule has 0 aliphatic rings. The second-order valence-electron chi connectivity index (χ2n) is 14.2. The average Bonchev–Trinajstić information content (AvgIpc) is 3.03. The van der Waals surface area contributed by atoms with E-state index in [-0.39, 0.29) is 32.2 Å². The molecule has 2 atom stereocenters. The van der Waals surface area contributed by atoms with Crippen molar-refractivity contribution < 1.29 is 42.9 Å². The Morgan fingerprint density at radius 3 is 1.54 bits per heavy atom. The number of carboxylic acids is 1. The monoisotopic (exact) mass is 685 g/mol. The molecule has 0 saturated heterocycles. The number of likely N-dealkylation sites (N-methyl/N-ethyl adjacent to an activating group) is 1. The van der Waals surface area contributed by atoms with Crippen LogP contribution in [-0.2, 0) is 33.3 Å². The second kappa shape index (κ2) is 32.2. The number of carboxylic acid groups (broad SMARTS) is 1. The molecule has 9 heteroatoms. The van der Waals surface area contributed by atoms with Gasteiger partial charge in [0.05, 0.1) is 34.4 Å². The third-order valence-electron chi connectivity index (χ3n) is 8.27. The Morgan fingerprint density at radius 1 is 0.604 bits per heavy atom. The van der Waals surface area contributed by atoms with E-state index in [9.17, 15) is 19.5 Å². The predicted molar refractivity (Wildman–Crippen MR) is 194 cm³/mol. The fourth-order valence-corrected chi connectivity index (χ4v) is 5.18. The highest BCUT2D eigenvalue weighted by Crippen LogP contribution is 2.13. The number of quaternary nitrogens is 1. The van der Waals surface area contributed by atoms with Gasteiger partial charge in [0.2, 0.25) is 0 Å². The Balaban J connectivity index is 4.47. The first-order valence-corrected chi connectivity index (χ1v) is 19.4. The van der Waals surface area contributed by atoms with Crippen LogP contribution < -0.4 is 0 Å². The summed E-state index contributed by atoms with van der Waals surface area (Å²) in [7, 11) is 5.94. The molecule has 9 nitrogen and oxygen atoms in total. The maximum absolute atomic E-state index is 12.6. The molecule has 0 aromatic carbocycles. The third-order valence-corrected chi connectivity index (χ3v) is 8.27. The van der Waals surface area contributed by atoms with E-state index in [0.29, 0.717) is 23.9 Å². The minimum Gasteiger partial charge on any atom is -0.477 e. The molecule has 48 heavy (non-hydrogen) atoms. The lowest BCUT2D eigenvalue weighted by Gasteiger charge is -2.25. The molecule has 0 aliphatic carbocycles. The number of allylic oxidation sites excluding steroid dienone is 2.